The average Bonchev–Trinajstić information content (AvgIpc) is 3.34. The van der Waals surface area contributed by atoms with Gasteiger partial charge in [0.25, 0.3) is 0 Å². The third kappa shape index (κ3) is 5.46. The number of rotatable bonds is 8. The Morgan fingerprint density at radius 1 is 1.08 bits per heavy atom. The molecule has 6 heteroatoms. The minimum atomic E-state index is 0.796. The van der Waals surface area contributed by atoms with Crippen molar-refractivity contribution in [2.75, 3.05) is 20.1 Å². The van der Waals surface area contributed by atoms with E-state index in [0.717, 1.165) is 44.3 Å². The normalized spacial score (nSPS) is 11.5. The molecule has 2 aromatic heterocycles. The van der Waals surface area contributed by atoms with Crippen molar-refractivity contribution in [2.45, 2.75) is 19.4 Å². The molecule has 136 valence electrons. The molecule has 0 bridgehead atoms. The maximum absolute atomic E-state index is 4.50. The summed E-state index contributed by atoms with van der Waals surface area (Å²) in [7, 11) is 1.80. The first kappa shape index (κ1) is 18.2. The maximum Gasteiger partial charge on any atom is 0.191 e. The van der Waals surface area contributed by atoms with Crippen LogP contribution in [0, 0.1) is 0 Å². The monoisotopic (exact) mass is 367 g/mol. The minimum Gasteiger partial charge on any atom is -0.356 e. The Kier molecular flexibility index (Phi) is 6.84. The molecule has 1 aromatic carbocycles. The van der Waals surface area contributed by atoms with E-state index in [4.69, 9.17) is 0 Å². The molecule has 0 aliphatic heterocycles. The Balaban J connectivity index is 1.43. The van der Waals surface area contributed by atoms with Gasteiger partial charge in [-0.05, 0) is 23.4 Å². The number of imidazole rings is 1. The van der Waals surface area contributed by atoms with Crippen molar-refractivity contribution < 1.29 is 0 Å². The molecule has 26 heavy (non-hydrogen) atoms. The number of thiophene rings is 1. The molecule has 0 spiro atoms. The van der Waals surface area contributed by atoms with E-state index >= 15 is 0 Å². The standard InChI is InChI=1S/C20H25N5S/c1-21-20(23-11-9-18-8-5-15-26-18)24-12-10-19-22-13-14-25(19)16-17-6-3-2-4-7-17/h2-8,13-15H,9-12,16H2,1H3,(H2,21,23,24). The van der Waals surface area contributed by atoms with Gasteiger partial charge < -0.3 is 15.2 Å². The lowest BCUT2D eigenvalue weighted by Crippen LogP contribution is -2.39. The van der Waals surface area contributed by atoms with E-state index in [0.29, 0.717) is 0 Å². The summed E-state index contributed by atoms with van der Waals surface area (Å²) >= 11 is 1.79. The van der Waals surface area contributed by atoms with Gasteiger partial charge in [-0.3, -0.25) is 4.99 Å². The predicted octanol–water partition coefficient (Wildman–Crippen LogP) is 2.94. The Bertz CT molecular complexity index is 793. The Morgan fingerprint density at radius 3 is 2.62 bits per heavy atom. The van der Waals surface area contributed by atoms with Crippen LogP contribution in [-0.4, -0.2) is 35.6 Å². The molecule has 0 saturated heterocycles. The lowest BCUT2D eigenvalue weighted by molar-refractivity contribution is 0.694. The summed E-state index contributed by atoms with van der Waals surface area (Å²) in [4.78, 5) is 10.2. The number of guanidine groups is 1. The molecule has 0 saturated carbocycles. The summed E-state index contributed by atoms with van der Waals surface area (Å²) in [6, 6.07) is 14.7. The Hall–Kier alpha value is -2.60. The van der Waals surface area contributed by atoms with E-state index in [-0.39, 0.29) is 0 Å². The van der Waals surface area contributed by atoms with Crippen molar-refractivity contribution in [2.24, 2.45) is 4.99 Å². The van der Waals surface area contributed by atoms with Gasteiger partial charge in [0.2, 0.25) is 0 Å². The second-order valence-electron chi connectivity index (χ2n) is 5.96. The molecule has 3 rings (SSSR count). The van der Waals surface area contributed by atoms with Crippen LogP contribution in [0.25, 0.3) is 0 Å². The quantitative estimate of drug-likeness (QED) is 0.475. The summed E-state index contributed by atoms with van der Waals surface area (Å²) < 4.78 is 2.20. The fourth-order valence-electron chi connectivity index (χ4n) is 2.76. The molecular weight excluding hydrogens is 342 g/mol. The number of nitrogens with one attached hydrogen (secondary N) is 2. The third-order valence-corrected chi connectivity index (χ3v) is 5.04. The second-order valence-corrected chi connectivity index (χ2v) is 6.99. The van der Waals surface area contributed by atoms with Crippen LogP contribution in [0.2, 0.25) is 0 Å². The van der Waals surface area contributed by atoms with Gasteiger partial charge in [0, 0.05) is 50.4 Å². The molecule has 0 aliphatic carbocycles. The zero-order valence-electron chi connectivity index (χ0n) is 15.1. The van der Waals surface area contributed by atoms with Gasteiger partial charge in [0.05, 0.1) is 0 Å². The van der Waals surface area contributed by atoms with Gasteiger partial charge in [0.1, 0.15) is 5.82 Å². The van der Waals surface area contributed by atoms with Crippen LogP contribution < -0.4 is 10.6 Å². The highest BCUT2D eigenvalue weighted by Crippen LogP contribution is 2.08. The van der Waals surface area contributed by atoms with Gasteiger partial charge in [-0.1, -0.05) is 36.4 Å². The van der Waals surface area contributed by atoms with Gasteiger partial charge in [-0.15, -0.1) is 11.3 Å². The van der Waals surface area contributed by atoms with Crippen molar-refractivity contribution in [3.63, 3.8) is 0 Å². The van der Waals surface area contributed by atoms with Crippen molar-refractivity contribution >= 4 is 17.3 Å². The Morgan fingerprint density at radius 2 is 1.88 bits per heavy atom. The molecule has 0 fully saturated rings. The van der Waals surface area contributed by atoms with Crippen LogP contribution in [0.1, 0.15) is 16.3 Å². The maximum atomic E-state index is 4.50. The molecule has 0 atom stereocenters. The Labute approximate surface area is 158 Å². The van der Waals surface area contributed by atoms with Crippen LogP contribution in [0.5, 0.6) is 0 Å². The van der Waals surface area contributed by atoms with E-state index in [1.807, 2.05) is 18.5 Å². The molecule has 0 radical (unpaired) electrons. The molecule has 5 nitrogen and oxygen atoms in total. The molecule has 2 N–H and O–H groups in total. The van der Waals surface area contributed by atoms with Gasteiger partial charge in [-0.25, -0.2) is 4.98 Å². The molecule has 2 heterocycles. The van der Waals surface area contributed by atoms with Crippen LogP contribution in [0.15, 0.2) is 65.2 Å². The fraction of sp³-hybridized carbons (Fsp3) is 0.300. The molecule has 0 unspecified atom stereocenters. The number of hydrogen-bond acceptors (Lipinski definition) is 3. The second kappa shape index (κ2) is 9.77. The predicted molar refractivity (Wildman–Crippen MR) is 109 cm³/mol. The molecule has 0 aliphatic rings. The van der Waals surface area contributed by atoms with E-state index in [2.05, 4.69) is 67.0 Å². The summed E-state index contributed by atoms with van der Waals surface area (Å²) in [6.45, 7) is 2.53. The van der Waals surface area contributed by atoms with Crippen molar-refractivity contribution in [3.8, 4) is 0 Å². The van der Waals surface area contributed by atoms with Crippen molar-refractivity contribution in [3.05, 3.63) is 76.5 Å². The summed E-state index contributed by atoms with van der Waals surface area (Å²) in [6.07, 6.45) is 5.77. The van der Waals surface area contributed by atoms with E-state index < -0.39 is 0 Å². The minimum absolute atomic E-state index is 0.796. The number of benzene rings is 1. The van der Waals surface area contributed by atoms with Gasteiger partial charge in [-0.2, -0.15) is 0 Å². The first-order chi connectivity index (χ1) is 12.8. The summed E-state index contributed by atoms with van der Waals surface area (Å²) in [5.74, 6) is 1.91. The van der Waals surface area contributed by atoms with Crippen molar-refractivity contribution in [1.29, 1.82) is 0 Å². The zero-order chi connectivity index (χ0) is 18.0. The molecule has 3 aromatic rings. The van der Waals surface area contributed by atoms with Crippen LogP contribution in [-0.2, 0) is 19.4 Å². The van der Waals surface area contributed by atoms with E-state index in [9.17, 15) is 0 Å². The average molecular weight is 368 g/mol. The summed E-state index contributed by atoms with van der Waals surface area (Å²) in [5.41, 5.74) is 1.28. The molecule has 0 amide bonds. The first-order valence-electron chi connectivity index (χ1n) is 8.86. The van der Waals surface area contributed by atoms with Gasteiger partial charge >= 0.3 is 0 Å². The summed E-state index contributed by atoms with van der Waals surface area (Å²) in [5, 5.41) is 8.84. The number of hydrogen-bond donors (Lipinski definition) is 2. The van der Waals surface area contributed by atoms with Gasteiger partial charge in [0.15, 0.2) is 5.96 Å². The highest BCUT2D eigenvalue weighted by atomic mass is 32.1. The topological polar surface area (TPSA) is 54.2 Å². The van der Waals surface area contributed by atoms with Crippen LogP contribution >= 0.6 is 11.3 Å². The number of aromatic nitrogens is 2. The van der Waals surface area contributed by atoms with E-state index in [1.165, 1.54) is 10.4 Å². The lowest BCUT2D eigenvalue weighted by Gasteiger charge is -2.12. The molecular formula is C20H25N5S. The fourth-order valence-corrected chi connectivity index (χ4v) is 3.47. The highest BCUT2D eigenvalue weighted by Gasteiger charge is 2.04. The third-order valence-electron chi connectivity index (χ3n) is 4.11. The number of aliphatic imine (C=N–C) groups is 1. The van der Waals surface area contributed by atoms with Crippen LogP contribution in [0.4, 0.5) is 0 Å². The van der Waals surface area contributed by atoms with E-state index in [1.54, 1.807) is 18.4 Å². The SMILES string of the molecule is CN=C(NCCc1cccs1)NCCc1nccn1Cc1ccccc1. The smallest absolute Gasteiger partial charge is 0.191 e. The highest BCUT2D eigenvalue weighted by molar-refractivity contribution is 7.09. The van der Waals surface area contributed by atoms with Crippen molar-refractivity contribution in [1.82, 2.24) is 20.2 Å². The van der Waals surface area contributed by atoms with Crippen LogP contribution in [0.3, 0.4) is 0 Å². The largest absolute Gasteiger partial charge is 0.356 e. The zero-order valence-corrected chi connectivity index (χ0v) is 15.9. The first-order valence-corrected chi connectivity index (χ1v) is 9.74. The number of nitrogens with zero attached hydrogens (tertiary/aromatic N) is 3. The lowest BCUT2D eigenvalue weighted by atomic mass is 10.2.